The largest absolute Gasteiger partial charge is 0.494 e. The van der Waals surface area contributed by atoms with Crippen molar-refractivity contribution in [3.05, 3.63) is 54.1 Å². The number of ether oxygens (including phenoxy) is 2. The number of methoxy groups -OCH3 is 2. The van der Waals surface area contributed by atoms with Crippen LogP contribution < -0.4 is 4.74 Å². The molecule has 0 N–H and O–H groups in total. The molecule has 0 spiro atoms. The first kappa shape index (κ1) is 18.8. The first-order valence-corrected chi connectivity index (χ1v) is 9.16. The fourth-order valence-electron chi connectivity index (χ4n) is 3.18. The number of nitrogens with zero attached hydrogens (tertiary/aromatic N) is 6. The summed E-state index contributed by atoms with van der Waals surface area (Å²) in [5.41, 5.74) is 4.42. The Morgan fingerprint density at radius 1 is 1.00 bits per heavy atom. The molecule has 0 amide bonds. The van der Waals surface area contributed by atoms with Crippen LogP contribution in [0.3, 0.4) is 0 Å². The highest BCUT2D eigenvalue weighted by atomic mass is 16.5. The zero-order chi connectivity index (χ0) is 20.4. The Balaban J connectivity index is 1.71. The van der Waals surface area contributed by atoms with Crippen molar-refractivity contribution in [3.8, 4) is 28.7 Å². The number of hydrogen-bond acceptors (Lipinski definition) is 5. The first-order chi connectivity index (χ1) is 14.1. The summed E-state index contributed by atoms with van der Waals surface area (Å²) in [7, 11) is 7.18. The van der Waals surface area contributed by atoms with Gasteiger partial charge < -0.3 is 14.0 Å². The molecular formula is C21H22N6O2. The fourth-order valence-corrected chi connectivity index (χ4v) is 3.18. The maximum Gasteiger partial charge on any atom is 0.146 e. The standard InChI is InChI=1S/C21H22N6O2/c1-25-13-17(11-23-25)16-9-19(29-4)21-15(10-24-27(21)14-16)5-6-18-12-22-20(26(18)2)7-8-28-3/h9-14H,7-8H2,1-4H3. The average Bonchev–Trinajstić information content (AvgIpc) is 3.43. The molecule has 0 bridgehead atoms. The van der Waals surface area contributed by atoms with Gasteiger partial charge in [0.05, 0.1) is 37.9 Å². The molecule has 0 radical (unpaired) electrons. The average molecular weight is 390 g/mol. The summed E-state index contributed by atoms with van der Waals surface area (Å²) in [5.74, 6) is 8.05. The number of rotatable bonds is 5. The predicted molar refractivity (Wildman–Crippen MR) is 109 cm³/mol. The molecule has 0 unspecified atom stereocenters. The second-order valence-corrected chi connectivity index (χ2v) is 6.66. The van der Waals surface area contributed by atoms with E-state index in [1.807, 2.05) is 43.3 Å². The van der Waals surface area contributed by atoms with Crippen LogP contribution in [-0.4, -0.2) is 49.8 Å². The van der Waals surface area contributed by atoms with E-state index in [0.717, 1.165) is 40.1 Å². The summed E-state index contributed by atoms with van der Waals surface area (Å²) in [6.45, 7) is 0.627. The van der Waals surface area contributed by atoms with E-state index >= 15 is 0 Å². The minimum absolute atomic E-state index is 0.627. The zero-order valence-electron chi connectivity index (χ0n) is 16.9. The summed E-state index contributed by atoms with van der Waals surface area (Å²) in [6.07, 6.45) is 9.99. The van der Waals surface area contributed by atoms with Crippen molar-refractivity contribution in [1.29, 1.82) is 0 Å². The van der Waals surface area contributed by atoms with Crippen molar-refractivity contribution in [3.63, 3.8) is 0 Å². The summed E-state index contributed by atoms with van der Waals surface area (Å²) >= 11 is 0. The highest BCUT2D eigenvalue weighted by Crippen LogP contribution is 2.29. The molecule has 0 fully saturated rings. The minimum atomic E-state index is 0.627. The van der Waals surface area contributed by atoms with Gasteiger partial charge in [-0.25, -0.2) is 9.50 Å². The van der Waals surface area contributed by atoms with Gasteiger partial charge in [-0.1, -0.05) is 5.92 Å². The normalized spacial score (nSPS) is 10.9. The Kier molecular flexibility index (Phi) is 5.06. The SMILES string of the molecule is COCCc1ncc(C#Cc2cnn3cc(-c4cnn(C)c4)cc(OC)c23)n1C. The van der Waals surface area contributed by atoms with E-state index < -0.39 is 0 Å². The molecule has 0 atom stereocenters. The van der Waals surface area contributed by atoms with Gasteiger partial charge in [0.15, 0.2) is 0 Å². The van der Waals surface area contributed by atoms with Gasteiger partial charge in [-0.15, -0.1) is 0 Å². The number of aryl methyl sites for hydroxylation is 1. The Labute approximate surface area is 168 Å². The molecule has 0 aliphatic carbocycles. The quantitative estimate of drug-likeness (QED) is 0.488. The molecular weight excluding hydrogens is 368 g/mol. The van der Waals surface area contributed by atoms with Crippen molar-refractivity contribution >= 4 is 5.52 Å². The third kappa shape index (κ3) is 3.60. The summed E-state index contributed by atoms with van der Waals surface area (Å²) in [5, 5.41) is 8.70. The molecule has 0 aliphatic heterocycles. The third-order valence-corrected chi connectivity index (χ3v) is 4.77. The number of pyridine rings is 1. The third-order valence-electron chi connectivity index (χ3n) is 4.77. The maximum atomic E-state index is 5.63. The monoisotopic (exact) mass is 390 g/mol. The van der Waals surface area contributed by atoms with E-state index in [1.54, 1.807) is 35.8 Å². The van der Waals surface area contributed by atoms with Gasteiger partial charge in [-0.3, -0.25) is 4.68 Å². The smallest absolute Gasteiger partial charge is 0.146 e. The lowest BCUT2D eigenvalue weighted by Gasteiger charge is -2.06. The van der Waals surface area contributed by atoms with Crippen LogP contribution in [0.15, 0.2) is 37.1 Å². The highest BCUT2D eigenvalue weighted by Gasteiger charge is 2.13. The van der Waals surface area contributed by atoms with Gasteiger partial charge in [0.2, 0.25) is 0 Å². The van der Waals surface area contributed by atoms with E-state index in [4.69, 9.17) is 9.47 Å². The Hall–Kier alpha value is -3.57. The topological polar surface area (TPSA) is 71.4 Å². The molecule has 29 heavy (non-hydrogen) atoms. The molecule has 4 rings (SSSR count). The molecule has 4 aromatic heterocycles. The number of imidazole rings is 1. The molecule has 4 heterocycles. The molecule has 0 saturated heterocycles. The predicted octanol–water partition coefficient (Wildman–Crippen LogP) is 2.07. The second kappa shape index (κ2) is 7.81. The van der Waals surface area contributed by atoms with Gasteiger partial charge in [0, 0.05) is 51.1 Å². The molecule has 0 aliphatic rings. The highest BCUT2D eigenvalue weighted by molar-refractivity contribution is 5.75. The first-order valence-electron chi connectivity index (χ1n) is 9.16. The van der Waals surface area contributed by atoms with Crippen molar-refractivity contribution in [2.45, 2.75) is 6.42 Å². The van der Waals surface area contributed by atoms with Gasteiger partial charge in [0.25, 0.3) is 0 Å². The van der Waals surface area contributed by atoms with Crippen molar-refractivity contribution < 1.29 is 9.47 Å². The Bertz CT molecular complexity index is 1220. The van der Waals surface area contributed by atoms with Crippen molar-refractivity contribution in [1.82, 2.24) is 28.9 Å². The van der Waals surface area contributed by atoms with E-state index in [-0.39, 0.29) is 0 Å². The van der Waals surface area contributed by atoms with E-state index in [1.165, 1.54) is 0 Å². The lowest BCUT2D eigenvalue weighted by molar-refractivity contribution is 0.200. The van der Waals surface area contributed by atoms with Gasteiger partial charge in [-0.2, -0.15) is 10.2 Å². The van der Waals surface area contributed by atoms with Crippen LogP contribution in [0.1, 0.15) is 17.1 Å². The summed E-state index contributed by atoms with van der Waals surface area (Å²) in [6, 6.07) is 1.98. The van der Waals surface area contributed by atoms with E-state index in [9.17, 15) is 0 Å². The van der Waals surface area contributed by atoms with Gasteiger partial charge in [0.1, 0.15) is 22.8 Å². The number of hydrogen-bond donors (Lipinski definition) is 0. The molecule has 0 saturated carbocycles. The second-order valence-electron chi connectivity index (χ2n) is 6.66. The summed E-state index contributed by atoms with van der Waals surface area (Å²) in [4.78, 5) is 4.42. The van der Waals surface area contributed by atoms with Crippen LogP contribution in [0.5, 0.6) is 5.75 Å². The van der Waals surface area contributed by atoms with Gasteiger partial charge >= 0.3 is 0 Å². The molecule has 0 aromatic carbocycles. The van der Waals surface area contributed by atoms with Crippen LogP contribution in [0, 0.1) is 11.8 Å². The van der Waals surface area contributed by atoms with Crippen LogP contribution in [0.25, 0.3) is 16.6 Å². The molecule has 148 valence electrons. The van der Waals surface area contributed by atoms with E-state index in [2.05, 4.69) is 27.0 Å². The van der Waals surface area contributed by atoms with Crippen molar-refractivity contribution in [2.75, 3.05) is 20.8 Å². The van der Waals surface area contributed by atoms with Crippen LogP contribution >= 0.6 is 0 Å². The maximum absolute atomic E-state index is 5.63. The molecule has 8 heteroatoms. The number of fused-ring (bicyclic) bond motifs is 1. The molecule has 4 aromatic rings. The fraction of sp³-hybridized carbons (Fsp3) is 0.286. The zero-order valence-corrected chi connectivity index (χ0v) is 16.9. The van der Waals surface area contributed by atoms with Crippen LogP contribution in [0.4, 0.5) is 0 Å². The molecule has 8 nitrogen and oxygen atoms in total. The Morgan fingerprint density at radius 3 is 2.59 bits per heavy atom. The van der Waals surface area contributed by atoms with Crippen molar-refractivity contribution in [2.24, 2.45) is 14.1 Å². The summed E-state index contributed by atoms with van der Waals surface area (Å²) < 4.78 is 16.3. The van der Waals surface area contributed by atoms with Crippen LogP contribution in [-0.2, 0) is 25.3 Å². The Morgan fingerprint density at radius 2 is 1.86 bits per heavy atom. The minimum Gasteiger partial charge on any atom is -0.494 e. The van der Waals surface area contributed by atoms with Crippen LogP contribution in [0.2, 0.25) is 0 Å². The van der Waals surface area contributed by atoms with E-state index in [0.29, 0.717) is 12.4 Å². The lowest BCUT2D eigenvalue weighted by atomic mass is 10.1. The number of aromatic nitrogens is 6. The lowest BCUT2D eigenvalue weighted by Crippen LogP contribution is -2.03. The van der Waals surface area contributed by atoms with Gasteiger partial charge in [-0.05, 0) is 12.0 Å².